The van der Waals surface area contributed by atoms with Gasteiger partial charge in [-0.25, -0.2) is 4.98 Å². The van der Waals surface area contributed by atoms with Crippen LogP contribution in [0, 0.1) is 18.8 Å². The Bertz CT molecular complexity index is 602. The Kier molecular flexibility index (Phi) is 6.68. The van der Waals surface area contributed by atoms with E-state index in [4.69, 9.17) is 17.2 Å². The van der Waals surface area contributed by atoms with E-state index < -0.39 is 0 Å². The van der Waals surface area contributed by atoms with Gasteiger partial charge in [-0.15, -0.1) is 0 Å². The zero-order valence-corrected chi connectivity index (χ0v) is 17.2. The average molecular weight is 376 g/mol. The van der Waals surface area contributed by atoms with Crippen molar-refractivity contribution in [2.75, 3.05) is 23.3 Å². The van der Waals surface area contributed by atoms with Gasteiger partial charge in [-0.2, -0.15) is 4.98 Å². The maximum Gasteiger partial charge on any atom is 0.231 e. The Morgan fingerprint density at radius 2 is 1.73 bits per heavy atom. The van der Waals surface area contributed by atoms with Crippen molar-refractivity contribution >= 4 is 29.1 Å². The smallest absolute Gasteiger partial charge is 0.231 e. The van der Waals surface area contributed by atoms with E-state index in [9.17, 15) is 0 Å². The maximum atomic E-state index is 5.53. The fourth-order valence-corrected chi connectivity index (χ4v) is 4.62. The minimum Gasteiger partial charge on any atom is -0.360 e. The standard InChI is InChI=1S/C20H33N5S/c1-14-10-15(2)13-25(12-14)18-11-16(3)21-19(23-18)24-20(26)22-17-8-6-4-5-7-9-17/h11,14-15,17H,4-10,12-13H2,1-3H3,(H2,21,22,23,24,26). The Hall–Kier alpha value is -1.43. The molecule has 1 saturated heterocycles. The third-order valence-corrected chi connectivity index (χ3v) is 5.67. The van der Waals surface area contributed by atoms with Gasteiger partial charge in [0, 0.05) is 30.9 Å². The van der Waals surface area contributed by atoms with Crippen molar-refractivity contribution in [3.8, 4) is 0 Å². The molecular weight excluding hydrogens is 342 g/mol. The molecule has 0 radical (unpaired) electrons. The van der Waals surface area contributed by atoms with E-state index in [0.29, 0.717) is 28.9 Å². The molecule has 2 heterocycles. The van der Waals surface area contributed by atoms with Crippen molar-refractivity contribution in [2.24, 2.45) is 11.8 Å². The van der Waals surface area contributed by atoms with Gasteiger partial charge in [0.05, 0.1) is 0 Å². The highest BCUT2D eigenvalue weighted by atomic mass is 32.1. The van der Waals surface area contributed by atoms with Crippen molar-refractivity contribution in [3.05, 3.63) is 11.8 Å². The van der Waals surface area contributed by atoms with Crippen LogP contribution in [-0.4, -0.2) is 34.2 Å². The summed E-state index contributed by atoms with van der Waals surface area (Å²) in [5.41, 5.74) is 0.973. The first kappa shape index (κ1) is 19.3. The second-order valence-electron chi connectivity index (χ2n) is 8.33. The fraction of sp³-hybridized carbons (Fsp3) is 0.750. The van der Waals surface area contributed by atoms with Crippen LogP contribution in [0.1, 0.15) is 64.5 Å². The first-order valence-corrected chi connectivity index (χ1v) is 10.6. The molecule has 2 aliphatic rings. The number of rotatable bonds is 3. The summed E-state index contributed by atoms with van der Waals surface area (Å²) in [6.07, 6.45) is 8.95. The molecule has 1 aromatic heterocycles. The van der Waals surface area contributed by atoms with Crippen molar-refractivity contribution in [1.29, 1.82) is 0 Å². The third-order valence-electron chi connectivity index (χ3n) is 5.45. The Morgan fingerprint density at radius 1 is 1.08 bits per heavy atom. The molecule has 26 heavy (non-hydrogen) atoms. The maximum absolute atomic E-state index is 5.53. The highest BCUT2D eigenvalue weighted by molar-refractivity contribution is 7.80. The number of anilines is 2. The predicted molar refractivity (Wildman–Crippen MR) is 113 cm³/mol. The van der Waals surface area contributed by atoms with E-state index in [-0.39, 0.29) is 0 Å². The number of piperidine rings is 1. The second-order valence-corrected chi connectivity index (χ2v) is 8.74. The summed E-state index contributed by atoms with van der Waals surface area (Å²) in [7, 11) is 0. The fourth-order valence-electron chi connectivity index (χ4n) is 4.37. The normalized spacial score (nSPS) is 24.8. The van der Waals surface area contributed by atoms with Crippen molar-refractivity contribution in [3.63, 3.8) is 0 Å². The van der Waals surface area contributed by atoms with Crippen LogP contribution in [-0.2, 0) is 0 Å². The molecule has 5 nitrogen and oxygen atoms in total. The van der Waals surface area contributed by atoms with Crippen molar-refractivity contribution < 1.29 is 0 Å². The molecule has 1 saturated carbocycles. The summed E-state index contributed by atoms with van der Waals surface area (Å²) in [5, 5.41) is 7.34. The van der Waals surface area contributed by atoms with E-state index in [1.165, 1.54) is 44.9 Å². The topological polar surface area (TPSA) is 53.1 Å². The van der Waals surface area contributed by atoms with Crippen molar-refractivity contribution in [1.82, 2.24) is 15.3 Å². The molecule has 2 N–H and O–H groups in total. The molecule has 1 aliphatic carbocycles. The number of nitrogens with zero attached hydrogens (tertiary/aromatic N) is 3. The quantitative estimate of drug-likeness (QED) is 0.608. The zero-order chi connectivity index (χ0) is 18.5. The molecule has 1 aliphatic heterocycles. The van der Waals surface area contributed by atoms with Crippen LogP contribution in [0.3, 0.4) is 0 Å². The first-order chi connectivity index (χ1) is 12.5. The SMILES string of the molecule is Cc1cc(N2CC(C)CC(C)C2)nc(NC(=S)NC2CCCCCC2)n1. The van der Waals surface area contributed by atoms with E-state index in [2.05, 4.69) is 40.4 Å². The van der Waals surface area contributed by atoms with Gasteiger partial charge in [0.25, 0.3) is 0 Å². The third kappa shape index (κ3) is 5.53. The van der Waals surface area contributed by atoms with Gasteiger partial charge in [0.1, 0.15) is 5.82 Å². The lowest BCUT2D eigenvalue weighted by atomic mass is 9.92. The van der Waals surface area contributed by atoms with Gasteiger partial charge < -0.3 is 15.5 Å². The minimum atomic E-state index is 0.477. The molecule has 144 valence electrons. The monoisotopic (exact) mass is 375 g/mol. The second kappa shape index (κ2) is 8.98. The van der Waals surface area contributed by atoms with Gasteiger partial charge in [-0.05, 0) is 50.2 Å². The summed E-state index contributed by atoms with van der Waals surface area (Å²) in [6, 6.07) is 2.56. The lowest BCUT2D eigenvalue weighted by Crippen LogP contribution is -2.40. The minimum absolute atomic E-state index is 0.477. The highest BCUT2D eigenvalue weighted by Gasteiger charge is 2.23. The molecule has 3 rings (SSSR count). The first-order valence-electron chi connectivity index (χ1n) is 10.2. The van der Waals surface area contributed by atoms with Crippen LogP contribution in [0.2, 0.25) is 0 Å². The summed E-state index contributed by atoms with van der Waals surface area (Å²) in [6.45, 7) is 8.79. The average Bonchev–Trinajstić information content (AvgIpc) is 2.82. The predicted octanol–water partition coefficient (Wildman–Crippen LogP) is 4.28. The summed E-state index contributed by atoms with van der Waals surface area (Å²) < 4.78 is 0. The van der Waals surface area contributed by atoms with E-state index in [1.54, 1.807) is 0 Å². The summed E-state index contributed by atoms with van der Waals surface area (Å²) in [4.78, 5) is 11.7. The van der Waals surface area contributed by atoms with Crippen LogP contribution < -0.4 is 15.5 Å². The summed E-state index contributed by atoms with van der Waals surface area (Å²) >= 11 is 5.53. The molecule has 0 spiro atoms. The molecule has 2 atom stereocenters. The van der Waals surface area contributed by atoms with Crippen molar-refractivity contribution in [2.45, 2.75) is 71.8 Å². The van der Waals surface area contributed by atoms with Crippen LogP contribution in [0.5, 0.6) is 0 Å². The Morgan fingerprint density at radius 3 is 2.38 bits per heavy atom. The Balaban J connectivity index is 1.64. The van der Waals surface area contributed by atoms with Gasteiger partial charge in [0.15, 0.2) is 5.11 Å². The number of nitrogens with one attached hydrogen (secondary N) is 2. The molecule has 2 unspecified atom stereocenters. The van der Waals surface area contributed by atoms with Gasteiger partial charge >= 0.3 is 0 Å². The number of hydrogen-bond donors (Lipinski definition) is 2. The molecule has 1 aromatic rings. The largest absolute Gasteiger partial charge is 0.360 e. The molecule has 0 amide bonds. The lowest BCUT2D eigenvalue weighted by Gasteiger charge is -2.36. The van der Waals surface area contributed by atoms with E-state index in [0.717, 1.165) is 24.6 Å². The van der Waals surface area contributed by atoms with Gasteiger partial charge in [-0.1, -0.05) is 39.5 Å². The Labute approximate surface area is 163 Å². The molecule has 2 fully saturated rings. The lowest BCUT2D eigenvalue weighted by molar-refractivity contribution is 0.355. The van der Waals surface area contributed by atoms with Crippen LogP contribution in [0.25, 0.3) is 0 Å². The number of aryl methyl sites for hydroxylation is 1. The van der Waals surface area contributed by atoms with E-state index >= 15 is 0 Å². The highest BCUT2D eigenvalue weighted by Crippen LogP contribution is 2.26. The van der Waals surface area contributed by atoms with Crippen LogP contribution >= 0.6 is 12.2 Å². The number of thiocarbonyl (C=S) groups is 1. The molecule has 0 aromatic carbocycles. The molecule has 0 bridgehead atoms. The van der Waals surface area contributed by atoms with Crippen LogP contribution in [0.15, 0.2) is 6.07 Å². The van der Waals surface area contributed by atoms with Gasteiger partial charge in [0.2, 0.25) is 5.95 Å². The van der Waals surface area contributed by atoms with E-state index in [1.807, 2.05) is 6.92 Å². The molecule has 6 heteroatoms. The number of hydrogen-bond acceptors (Lipinski definition) is 4. The molecular formula is C20H33N5S. The summed E-state index contributed by atoms with van der Waals surface area (Å²) in [5.74, 6) is 3.01. The van der Waals surface area contributed by atoms with Crippen LogP contribution in [0.4, 0.5) is 11.8 Å². The van der Waals surface area contributed by atoms with Gasteiger partial charge in [-0.3, -0.25) is 0 Å². The number of aromatic nitrogens is 2. The zero-order valence-electron chi connectivity index (χ0n) is 16.4.